The molecule has 0 fully saturated rings. The van der Waals surface area contributed by atoms with Gasteiger partial charge in [0.05, 0.1) is 19.8 Å². The summed E-state index contributed by atoms with van der Waals surface area (Å²) in [5.74, 6) is -1.10. The van der Waals surface area contributed by atoms with E-state index in [0.29, 0.717) is 19.3 Å². The van der Waals surface area contributed by atoms with E-state index in [1.807, 2.05) is 12.2 Å². The molecule has 3 atom stereocenters. The van der Waals surface area contributed by atoms with Gasteiger partial charge in [0.1, 0.15) is 12.7 Å². The minimum Gasteiger partial charge on any atom is -0.462 e. The van der Waals surface area contributed by atoms with Gasteiger partial charge in [-0.1, -0.05) is 146 Å². The molecule has 13 nitrogen and oxygen atoms in total. The average Bonchev–Trinajstić information content (AvgIpc) is 3.19. The van der Waals surface area contributed by atoms with Crippen molar-refractivity contribution in [3.63, 3.8) is 0 Å². The van der Waals surface area contributed by atoms with Crippen molar-refractivity contribution in [2.24, 2.45) is 0 Å². The molecule has 0 bridgehead atoms. The Morgan fingerprint density at radius 2 is 0.898 bits per heavy atom. The number of phosphoric acid groups is 2. The highest BCUT2D eigenvalue weighted by Gasteiger charge is 2.28. The van der Waals surface area contributed by atoms with Crippen molar-refractivity contribution in [1.82, 2.24) is 0 Å². The molecular weight excluding hydrogens is 798 g/mol. The second kappa shape index (κ2) is 40.2. The summed E-state index contributed by atoms with van der Waals surface area (Å²) in [5, 5.41) is 9.74. The highest BCUT2D eigenvalue weighted by Crippen LogP contribution is 2.43. The summed E-state index contributed by atoms with van der Waals surface area (Å²) in [7, 11) is -9.69. The number of carbonyl (C=O) groups is 2. The predicted molar refractivity (Wildman–Crippen MR) is 235 cm³/mol. The fourth-order valence-electron chi connectivity index (χ4n) is 5.77. The number of ether oxygens (including phenoxy) is 2. The Hall–Kier alpha value is -1.92. The standard InChI is InChI=1S/C44H80O13P2/c1-3-5-7-9-11-13-15-17-19-20-22-24-26-28-30-32-34-36-44(47)57-42(40-56-59(51,52)55-38-41(45)37-54-58(48,49)50)39-53-43(46)35-33-31-29-27-25-23-21-18-16-14-12-10-8-6-4-2/h14,16-17,19,22,24,28,30,41-42,45H,3-13,15,18,20-21,23,25-27,29,31-40H2,1-2H3,(H,51,52)(H2,48,49,50)/b16-14-,19-17-,24-22-,30-28-/t41-,42+/m0/s1. The van der Waals surface area contributed by atoms with E-state index in [1.165, 1.54) is 83.5 Å². The number of hydrogen-bond acceptors (Lipinski definition) is 10. The second-order valence-corrected chi connectivity index (χ2v) is 17.7. The van der Waals surface area contributed by atoms with Gasteiger partial charge in [0.2, 0.25) is 0 Å². The molecule has 0 radical (unpaired) electrons. The maximum atomic E-state index is 12.6. The quantitative estimate of drug-likeness (QED) is 0.0196. The van der Waals surface area contributed by atoms with Crippen LogP contribution in [0.3, 0.4) is 0 Å². The Bertz CT molecular complexity index is 1230. The SMILES string of the molecule is CCCCCC/C=C\CCCCCCCCCC(=O)OC[C@H](COP(=O)(O)OC[C@@H](O)COP(=O)(O)O)OC(=O)CCC/C=C\C/C=C\C/C=C\CCCCCCCC. The average molecular weight is 879 g/mol. The molecule has 0 aliphatic heterocycles. The van der Waals surface area contributed by atoms with Crippen LogP contribution in [0.1, 0.15) is 181 Å². The first-order chi connectivity index (χ1) is 28.4. The van der Waals surface area contributed by atoms with Gasteiger partial charge in [-0.05, 0) is 70.6 Å². The van der Waals surface area contributed by atoms with Gasteiger partial charge in [-0.15, -0.1) is 0 Å². The van der Waals surface area contributed by atoms with Gasteiger partial charge < -0.3 is 29.3 Å². The van der Waals surface area contributed by atoms with Crippen LogP contribution in [-0.4, -0.2) is 70.4 Å². The lowest BCUT2D eigenvalue weighted by Crippen LogP contribution is -2.29. The molecular formula is C44H80O13P2. The maximum Gasteiger partial charge on any atom is 0.472 e. The zero-order valence-corrected chi connectivity index (χ0v) is 38.1. The van der Waals surface area contributed by atoms with Crippen molar-refractivity contribution >= 4 is 27.6 Å². The van der Waals surface area contributed by atoms with Crippen LogP contribution in [0.15, 0.2) is 48.6 Å². The number of allylic oxidation sites excluding steroid dienone is 8. The van der Waals surface area contributed by atoms with Gasteiger partial charge in [0, 0.05) is 12.8 Å². The van der Waals surface area contributed by atoms with Gasteiger partial charge in [0.15, 0.2) is 6.10 Å². The van der Waals surface area contributed by atoms with Crippen LogP contribution < -0.4 is 0 Å². The van der Waals surface area contributed by atoms with Gasteiger partial charge >= 0.3 is 27.6 Å². The van der Waals surface area contributed by atoms with Crippen molar-refractivity contribution in [2.45, 2.75) is 193 Å². The van der Waals surface area contributed by atoms with Crippen LogP contribution in [-0.2, 0) is 41.8 Å². The van der Waals surface area contributed by atoms with E-state index in [2.05, 4.69) is 59.4 Å². The van der Waals surface area contributed by atoms with E-state index in [4.69, 9.17) is 23.8 Å². The molecule has 15 heteroatoms. The number of esters is 2. The number of rotatable bonds is 42. The summed E-state index contributed by atoms with van der Waals surface area (Å²) in [5.41, 5.74) is 0. The van der Waals surface area contributed by atoms with Crippen molar-refractivity contribution in [3.05, 3.63) is 48.6 Å². The lowest BCUT2D eigenvalue weighted by atomic mass is 10.1. The molecule has 4 N–H and O–H groups in total. The molecule has 0 saturated heterocycles. The third-order valence-corrected chi connectivity index (χ3v) is 10.6. The molecule has 0 aliphatic rings. The fraction of sp³-hybridized carbons (Fsp3) is 0.773. The van der Waals surface area contributed by atoms with Gasteiger partial charge in [-0.2, -0.15) is 0 Å². The molecule has 344 valence electrons. The number of hydrogen-bond donors (Lipinski definition) is 4. The van der Waals surface area contributed by atoms with Crippen LogP contribution in [0.2, 0.25) is 0 Å². The zero-order valence-electron chi connectivity index (χ0n) is 36.3. The molecule has 0 aliphatic carbocycles. The molecule has 0 aromatic heterocycles. The van der Waals surface area contributed by atoms with E-state index < -0.39 is 66.2 Å². The molecule has 0 spiro atoms. The van der Waals surface area contributed by atoms with Crippen LogP contribution in [0.4, 0.5) is 0 Å². The van der Waals surface area contributed by atoms with Crippen LogP contribution in [0.5, 0.6) is 0 Å². The lowest BCUT2D eigenvalue weighted by molar-refractivity contribution is -0.161. The van der Waals surface area contributed by atoms with Gasteiger partial charge in [-0.25, -0.2) is 9.13 Å². The summed E-state index contributed by atoms with van der Waals surface area (Å²) in [6.45, 7) is 1.69. The lowest BCUT2D eigenvalue weighted by Gasteiger charge is -2.20. The fourth-order valence-corrected chi connectivity index (χ4v) is 6.93. The number of unbranched alkanes of at least 4 members (excludes halogenated alkanes) is 18. The third kappa shape index (κ3) is 44.0. The van der Waals surface area contributed by atoms with E-state index >= 15 is 0 Å². The largest absolute Gasteiger partial charge is 0.472 e. The molecule has 0 amide bonds. The number of phosphoric ester groups is 2. The number of carbonyl (C=O) groups excluding carboxylic acids is 2. The van der Waals surface area contributed by atoms with Crippen molar-refractivity contribution in [1.29, 1.82) is 0 Å². The molecule has 0 aromatic carbocycles. The number of aliphatic hydroxyl groups excluding tert-OH is 1. The Morgan fingerprint density at radius 3 is 1.44 bits per heavy atom. The minimum absolute atomic E-state index is 0.0584. The smallest absolute Gasteiger partial charge is 0.462 e. The first-order valence-corrected chi connectivity index (χ1v) is 25.4. The summed E-state index contributed by atoms with van der Waals surface area (Å²) in [4.78, 5) is 52.7. The van der Waals surface area contributed by atoms with Gasteiger partial charge in [0.25, 0.3) is 0 Å². The molecule has 0 aromatic rings. The first-order valence-electron chi connectivity index (χ1n) is 22.3. The molecule has 1 unspecified atom stereocenters. The van der Waals surface area contributed by atoms with E-state index in [1.54, 1.807) is 0 Å². The zero-order chi connectivity index (χ0) is 43.7. The highest BCUT2D eigenvalue weighted by molar-refractivity contribution is 7.47. The van der Waals surface area contributed by atoms with E-state index in [0.717, 1.165) is 51.4 Å². The van der Waals surface area contributed by atoms with Crippen LogP contribution in [0, 0.1) is 0 Å². The van der Waals surface area contributed by atoms with Crippen LogP contribution in [0.25, 0.3) is 0 Å². The van der Waals surface area contributed by atoms with E-state index in [9.17, 15) is 28.7 Å². The Balaban J connectivity index is 4.60. The predicted octanol–water partition coefficient (Wildman–Crippen LogP) is 11.5. The molecule has 0 saturated carbocycles. The number of aliphatic hydroxyl groups is 1. The Labute approximate surface area is 356 Å². The van der Waals surface area contributed by atoms with Crippen LogP contribution >= 0.6 is 15.6 Å². The molecule has 59 heavy (non-hydrogen) atoms. The summed E-state index contributed by atoms with van der Waals surface area (Å²) >= 11 is 0. The second-order valence-electron chi connectivity index (χ2n) is 15.0. The first kappa shape index (κ1) is 57.1. The van der Waals surface area contributed by atoms with Crippen molar-refractivity contribution in [2.75, 3.05) is 26.4 Å². The minimum atomic E-state index is -4.87. The summed E-state index contributed by atoms with van der Waals surface area (Å²) in [6.07, 6.45) is 41.1. The highest BCUT2D eigenvalue weighted by atomic mass is 31.2. The van der Waals surface area contributed by atoms with E-state index in [-0.39, 0.29) is 12.8 Å². The monoisotopic (exact) mass is 879 g/mol. The van der Waals surface area contributed by atoms with Crippen molar-refractivity contribution < 1.29 is 61.6 Å². The maximum absolute atomic E-state index is 12.6. The summed E-state index contributed by atoms with van der Waals surface area (Å²) in [6, 6.07) is 0. The third-order valence-electron chi connectivity index (χ3n) is 9.18. The molecule has 0 rings (SSSR count). The van der Waals surface area contributed by atoms with Gasteiger partial charge in [-0.3, -0.25) is 23.2 Å². The molecule has 0 heterocycles. The Morgan fingerprint density at radius 1 is 0.492 bits per heavy atom. The topological polar surface area (TPSA) is 195 Å². The summed E-state index contributed by atoms with van der Waals surface area (Å²) < 4.78 is 47.7. The Kier molecular flexibility index (Phi) is 38.9. The normalized spacial score (nSPS) is 14.5. The van der Waals surface area contributed by atoms with Crippen molar-refractivity contribution in [3.8, 4) is 0 Å².